The Balaban J connectivity index is 2.50. The van der Waals surface area contributed by atoms with Gasteiger partial charge in [-0.25, -0.2) is 4.79 Å². The molecule has 0 bridgehead atoms. The Morgan fingerprint density at radius 1 is 0.895 bits per heavy atom. The fourth-order valence-electron chi connectivity index (χ4n) is 4.20. The molecule has 7 nitrogen and oxygen atoms in total. The summed E-state index contributed by atoms with van der Waals surface area (Å²) in [6.07, 6.45) is -0.262. The van der Waals surface area contributed by atoms with Crippen molar-refractivity contribution in [1.29, 1.82) is 0 Å². The van der Waals surface area contributed by atoms with E-state index >= 15 is 0 Å². The predicted octanol–water partition coefficient (Wildman–Crippen LogP) is 5.92. The van der Waals surface area contributed by atoms with Crippen LogP contribution in [0.2, 0.25) is 0 Å². The molecule has 0 aliphatic heterocycles. The van der Waals surface area contributed by atoms with Crippen molar-refractivity contribution in [1.82, 2.24) is 15.5 Å². The highest BCUT2D eigenvalue weighted by Gasteiger charge is 2.42. The van der Waals surface area contributed by atoms with Gasteiger partial charge >= 0.3 is 6.09 Å². The summed E-state index contributed by atoms with van der Waals surface area (Å²) >= 11 is 0. The van der Waals surface area contributed by atoms with Gasteiger partial charge in [0.15, 0.2) is 0 Å². The molecule has 2 unspecified atom stereocenters. The highest BCUT2D eigenvalue weighted by Crippen LogP contribution is 2.31. The summed E-state index contributed by atoms with van der Waals surface area (Å²) in [6, 6.07) is 15.5. The molecule has 2 aromatic carbocycles. The topological polar surface area (TPSA) is 87.7 Å². The maximum atomic E-state index is 14.3. The molecule has 208 valence electrons. The number of aryl methyl sites for hydroxylation is 1. The first-order valence-corrected chi connectivity index (χ1v) is 13.3. The van der Waals surface area contributed by atoms with Gasteiger partial charge < -0.3 is 20.3 Å². The molecule has 3 amide bonds. The van der Waals surface area contributed by atoms with Gasteiger partial charge in [0.1, 0.15) is 17.7 Å². The minimum Gasteiger partial charge on any atom is -0.444 e. The lowest BCUT2D eigenvalue weighted by Gasteiger charge is -2.43. The second-order valence-electron chi connectivity index (χ2n) is 12.2. The standard InChI is InChI=1S/C31H45N3O4/c1-21(2)19-25(33-29(37)38-31(7,8)9)28(36)34(30(4,5)6)26(24-17-15-22(3)16-18-24)27(35)32-20-23-13-11-10-12-14-23/h10-18,21,25-26H,19-20H2,1-9H3,(H,32,35)(H,33,37). The number of hydrogen-bond donors (Lipinski definition) is 2. The monoisotopic (exact) mass is 523 g/mol. The van der Waals surface area contributed by atoms with Gasteiger partial charge in [0, 0.05) is 12.1 Å². The third-order valence-corrected chi connectivity index (χ3v) is 5.87. The van der Waals surface area contributed by atoms with E-state index in [0.717, 1.165) is 11.1 Å². The molecule has 0 saturated heterocycles. The largest absolute Gasteiger partial charge is 0.444 e. The number of rotatable bonds is 9. The number of carbonyl (C=O) groups is 3. The summed E-state index contributed by atoms with van der Waals surface area (Å²) in [5.41, 5.74) is 1.27. The zero-order chi connectivity index (χ0) is 28.7. The molecule has 0 aliphatic rings. The van der Waals surface area contributed by atoms with Crippen LogP contribution in [-0.4, -0.2) is 40.0 Å². The lowest BCUT2D eigenvalue weighted by Crippen LogP contribution is -2.58. The molecule has 0 heterocycles. The second kappa shape index (κ2) is 12.9. The van der Waals surface area contributed by atoms with Gasteiger partial charge in [-0.15, -0.1) is 0 Å². The van der Waals surface area contributed by atoms with Gasteiger partial charge in [0.05, 0.1) is 0 Å². The lowest BCUT2D eigenvalue weighted by molar-refractivity contribution is -0.148. The van der Waals surface area contributed by atoms with Crippen LogP contribution in [0, 0.1) is 12.8 Å². The molecule has 2 rings (SSSR count). The van der Waals surface area contributed by atoms with E-state index in [2.05, 4.69) is 10.6 Å². The first-order chi connectivity index (χ1) is 17.6. The molecule has 0 radical (unpaired) electrons. The van der Waals surface area contributed by atoms with Crippen LogP contribution in [0.3, 0.4) is 0 Å². The molecule has 0 aliphatic carbocycles. The normalized spacial score (nSPS) is 13.4. The minimum absolute atomic E-state index is 0.116. The fraction of sp³-hybridized carbons (Fsp3) is 0.516. The summed E-state index contributed by atoms with van der Waals surface area (Å²) in [5.74, 6) is -0.510. The lowest BCUT2D eigenvalue weighted by atomic mass is 9.93. The van der Waals surface area contributed by atoms with E-state index < -0.39 is 29.3 Å². The van der Waals surface area contributed by atoms with E-state index in [1.165, 1.54) is 0 Å². The molecule has 2 N–H and O–H groups in total. The van der Waals surface area contributed by atoms with Crippen molar-refractivity contribution in [3.8, 4) is 0 Å². The Morgan fingerprint density at radius 2 is 1.47 bits per heavy atom. The zero-order valence-corrected chi connectivity index (χ0v) is 24.4. The Bertz CT molecular complexity index is 1070. The molecule has 38 heavy (non-hydrogen) atoms. The molecule has 2 aromatic rings. The number of alkyl carbamates (subject to hydrolysis) is 1. The number of hydrogen-bond acceptors (Lipinski definition) is 4. The Labute approximate surface area is 228 Å². The molecule has 7 heteroatoms. The highest BCUT2D eigenvalue weighted by atomic mass is 16.6. The van der Waals surface area contributed by atoms with E-state index in [1.54, 1.807) is 25.7 Å². The van der Waals surface area contributed by atoms with Gasteiger partial charge in [0.2, 0.25) is 11.8 Å². The van der Waals surface area contributed by atoms with Crippen molar-refractivity contribution in [2.24, 2.45) is 5.92 Å². The first-order valence-electron chi connectivity index (χ1n) is 13.3. The summed E-state index contributed by atoms with van der Waals surface area (Å²) in [7, 11) is 0. The molecule has 2 atom stereocenters. The van der Waals surface area contributed by atoms with Crippen LogP contribution < -0.4 is 10.6 Å². The van der Waals surface area contributed by atoms with Crippen molar-refractivity contribution in [2.75, 3.05) is 0 Å². The van der Waals surface area contributed by atoms with Crippen molar-refractivity contribution >= 4 is 17.9 Å². The molecular weight excluding hydrogens is 478 g/mol. The van der Waals surface area contributed by atoms with Crippen LogP contribution in [-0.2, 0) is 20.9 Å². The minimum atomic E-state index is -0.901. The number of amides is 3. The third-order valence-electron chi connectivity index (χ3n) is 5.87. The number of benzene rings is 2. The number of ether oxygens (including phenoxy) is 1. The predicted molar refractivity (Wildman–Crippen MR) is 151 cm³/mol. The van der Waals surface area contributed by atoms with E-state index in [4.69, 9.17) is 4.74 Å². The second-order valence-corrected chi connectivity index (χ2v) is 12.2. The SMILES string of the molecule is Cc1ccc(C(C(=O)NCc2ccccc2)N(C(=O)C(CC(C)C)NC(=O)OC(C)(C)C)C(C)(C)C)cc1. The number of nitrogens with zero attached hydrogens (tertiary/aromatic N) is 1. The van der Waals surface area contributed by atoms with Crippen molar-refractivity contribution in [2.45, 2.75) is 98.5 Å². The van der Waals surface area contributed by atoms with Crippen LogP contribution in [0.15, 0.2) is 54.6 Å². The summed E-state index contributed by atoms with van der Waals surface area (Å²) < 4.78 is 5.46. The Morgan fingerprint density at radius 3 is 1.97 bits per heavy atom. The van der Waals surface area contributed by atoms with E-state index in [1.807, 2.05) is 96.1 Å². The molecule has 0 spiro atoms. The van der Waals surface area contributed by atoms with Gasteiger partial charge in [0.25, 0.3) is 0 Å². The van der Waals surface area contributed by atoms with Crippen LogP contribution in [0.4, 0.5) is 4.79 Å². The summed E-state index contributed by atoms with van der Waals surface area (Å²) in [5, 5.41) is 5.81. The highest BCUT2D eigenvalue weighted by molar-refractivity contribution is 5.92. The molecular formula is C31H45N3O4. The first kappa shape index (κ1) is 30.9. The van der Waals surface area contributed by atoms with Gasteiger partial charge in [-0.2, -0.15) is 0 Å². The van der Waals surface area contributed by atoms with Crippen LogP contribution >= 0.6 is 0 Å². The third kappa shape index (κ3) is 9.51. The van der Waals surface area contributed by atoms with Gasteiger partial charge in [-0.3, -0.25) is 9.59 Å². The summed E-state index contributed by atoms with van der Waals surface area (Å²) in [4.78, 5) is 42.4. The summed E-state index contributed by atoms with van der Waals surface area (Å²) in [6.45, 7) is 17.3. The fourth-order valence-corrected chi connectivity index (χ4v) is 4.20. The Hall–Kier alpha value is -3.35. The van der Waals surface area contributed by atoms with Crippen LogP contribution in [0.1, 0.15) is 84.5 Å². The number of nitrogens with one attached hydrogen (secondary N) is 2. The maximum Gasteiger partial charge on any atom is 0.408 e. The smallest absolute Gasteiger partial charge is 0.408 e. The van der Waals surface area contributed by atoms with Crippen LogP contribution in [0.25, 0.3) is 0 Å². The average Bonchev–Trinajstić information content (AvgIpc) is 2.79. The molecule has 0 fully saturated rings. The number of carbonyl (C=O) groups excluding carboxylic acids is 3. The molecule has 0 saturated carbocycles. The van der Waals surface area contributed by atoms with Gasteiger partial charge in [-0.05, 0) is 71.9 Å². The van der Waals surface area contributed by atoms with E-state index in [0.29, 0.717) is 18.5 Å². The van der Waals surface area contributed by atoms with Gasteiger partial charge in [-0.1, -0.05) is 74.0 Å². The van der Waals surface area contributed by atoms with Crippen molar-refractivity contribution < 1.29 is 19.1 Å². The van der Waals surface area contributed by atoms with E-state index in [9.17, 15) is 14.4 Å². The quantitative estimate of drug-likeness (QED) is 0.427. The van der Waals surface area contributed by atoms with E-state index in [-0.39, 0.29) is 17.7 Å². The molecule has 0 aromatic heterocycles. The average molecular weight is 524 g/mol. The maximum absolute atomic E-state index is 14.3. The zero-order valence-electron chi connectivity index (χ0n) is 24.4. The van der Waals surface area contributed by atoms with Crippen molar-refractivity contribution in [3.63, 3.8) is 0 Å². The van der Waals surface area contributed by atoms with Crippen LogP contribution in [0.5, 0.6) is 0 Å². The van der Waals surface area contributed by atoms with Crippen molar-refractivity contribution in [3.05, 3.63) is 71.3 Å². The Kier molecular flexibility index (Phi) is 10.5.